The van der Waals surface area contributed by atoms with Gasteiger partial charge in [-0.2, -0.15) is 0 Å². The Kier molecular flexibility index (Phi) is 17.2. The van der Waals surface area contributed by atoms with Gasteiger partial charge in [0, 0.05) is 60.8 Å². The first-order valence-corrected chi connectivity index (χ1v) is 25.8. The molecular formula is C54H62FN9O13. The van der Waals surface area contributed by atoms with Gasteiger partial charge >= 0.3 is 5.97 Å². The van der Waals surface area contributed by atoms with Crippen LogP contribution in [0.1, 0.15) is 104 Å². The molecule has 2 aromatic heterocycles. The zero-order chi connectivity index (χ0) is 55.1. The number of carbonyl (C=O) groups excluding carboxylic acids is 9. The number of aliphatic hydroxyl groups is 1. The maximum atomic E-state index is 15.4. The predicted octanol–water partition coefficient (Wildman–Crippen LogP) is 0.795. The lowest BCUT2D eigenvalue weighted by atomic mass is 9.81. The molecule has 408 valence electrons. The minimum atomic E-state index is -2.04. The Bertz CT molecular complexity index is 3110. The van der Waals surface area contributed by atoms with Crippen LogP contribution < -0.4 is 37.5 Å². The molecule has 7 N–H and O–H groups in total. The van der Waals surface area contributed by atoms with Crippen LogP contribution in [0, 0.1) is 18.7 Å². The molecule has 0 spiro atoms. The normalized spacial score (nSPS) is 18.4. The first-order chi connectivity index (χ1) is 36.9. The molecule has 2 aromatic carbocycles. The molecule has 1 unspecified atom stereocenters. The second kappa shape index (κ2) is 24.0. The average molecular weight is 1060 g/mol. The van der Waals surface area contributed by atoms with Crippen molar-refractivity contribution in [1.82, 2.24) is 46.4 Å². The number of carbonyl (C=O) groups is 9. The van der Waals surface area contributed by atoms with Gasteiger partial charge in [0.2, 0.25) is 47.3 Å². The summed E-state index contributed by atoms with van der Waals surface area (Å²) >= 11 is 0. The molecule has 4 aliphatic rings. The number of esters is 1. The van der Waals surface area contributed by atoms with Crippen LogP contribution in [0.15, 0.2) is 47.3 Å². The maximum Gasteiger partial charge on any atom is 0.343 e. The smallest absolute Gasteiger partial charge is 0.343 e. The monoisotopic (exact) mass is 1060 g/mol. The van der Waals surface area contributed by atoms with E-state index in [1.54, 1.807) is 57.2 Å². The molecule has 8 rings (SSSR count). The Balaban J connectivity index is 0.782. The van der Waals surface area contributed by atoms with Gasteiger partial charge in [-0.15, -0.1) is 0 Å². The van der Waals surface area contributed by atoms with E-state index in [9.17, 15) is 53.1 Å². The fourth-order valence-corrected chi connectivity index (χ4v) is 10.3. The Morgan fingerprint density at radius 1 is 0.896 bits per heavy atom. The van der Waals surface area contributed by atoms with Crippen LogP contribution in [0.5, 0.6) is 0 Å². The number of cyclic esters (lactones) is 1. The Hall–Kier alpha value is -7.92. The Morgan fingerprint density at radius 3 is 2.36 bits per heavy atom. The van der Waals surface area contributed by atoms with Crippen molar-refractivity contribution in [2.24, 2.45) is 5.92 Å². The molecule has 0 bridgehead atoms. The van der Waals surface area contributed by atoms with E-state index >= 15 is 4.39 Å². The van der Waals surface area contributed by atoms with E-state index in [-0.39, 0.29) is 86.8 Å². The van der Waals surface area contributed by atoms with E-state index in [1.807, 2.05) is 0 Å². The maximum absolute atomic E-state index is 15.4. The van der Waals surface area contributed by atoms with Crippen molar-refractivity contribution in [1.29, 1.82) is 0 Å². The fourth-order valence-electron chi connectivity index (χ4n) is 10.3. The lowest BCUT2D eigenvalue weighted by Gasteiger charge is -2.31. The summed E-state index contributed by atoms with van der Waals surface area (Å²) in [5.41, 5.74) is 2.03. The second-order valence-electron chi connectivity index (χ2n) is 19.8. The SMILES string of the molecule is CC[C@@]1(O)C(=O)OCc2c1cc1n(c2=O)Cc2c-1nc1cc(F)c(C)c3c1c2[C@@H](NC(=O)COCCNC(=O)CNC(=O)[C@H](Cc1ccccc1)NC(=O)CNC(=O)CNC(=O)CCCCCN1C(=O)CC(C)C1=O)CC3. The summed E-state index contributed by atoms with van der Waals surface area (Å²) in [6.07, 6.45) is 2.80. The first-order valence-electron chi connectivity index (χ1n) is 25.8. The molecule has 1 saturated heterocycles. The summed E-state index contributed by atoms with van der Waals surface area (Å²) in [4.78, 5) is 134. The van der Waals surface area contributed by atoms with E-state index in [4.69, 9.17) is 14.5 Å². The van der Waals surface area contributed by atoms with E-state index in [1.165, 1.54) is 15.5 Å². The van der Waals surface area contributed by atoms with Gasteiger partial charge in [0.15, 0.2) is 5.60 Å². The fraction of sp³-hybridized carbons (Fsp3) is 0.463. The van der Waals surface area contributed by atoms with Crippen LogP contribution in [0.25, 0.3) is 22.3 Å². The number of unbranched alkanes of at least 4 members (excludes halogenated alkanes) is 2. The molecule has 0 radical (unpaired) electrons. The molecule has 4 aromatic rings. The van der Waals surface area contributed by atoms with Crippen molar-refractivity contribution in [3.05, 3.63) is 97.6 Å². The van der Waals surface area contributed by atoms with Crippen LogP contribution in [0.2, 0.25) is 0 Å². The molecular weight excluding hydrogens is 1000 g/mol. The van der Waals surface area contributed by atoms with Crippen LogP contribution in [0.4, 0.5) is 4.39 Å². The lowest BCUT2D eigenvalue weighted by Crippen LogP contribution is -2.52. The van der Waals surface area contributed by atoms with Gasteiger partial charge in [0.25, 0.3) is 5.56 Å². The number of halogens is 1. The summed E-state index contributed by atoms with van der Waals surface area (Å²) in [5.74, 6) is -5.48. The molecule has 0 saturated carbocycles. The highest BCUT2D eigenvalue weighted by Crippen LogP contribution is 2.46. The highest BCUT2D eigenvalue weighted by molar-refractivity contribution is 6.03. The number of rotatable bonds is 23. The third-order valence-corrected chi connectivity index (χ3v) is 14.5. The number of fused-ring (bicyclic) bond motifs is 5. The molecule has 1 fully saturated rings. The Morgan fingerprint density at radius 2 is 1.62 bits per heavy atom. The number of amides is 8. The van der Waals surface area contributed by atoms with Crippen molar-refractivity contribution >= 4 is 64.1 Å². The predicted molar refractivity (Wildman–Crippen MR) is 272 cm³/mol. The van der Waals surface area contributed by atoms with E-state index in [2.05, 4.69) is 31.9 Å². The third-order valence-electron chi connectivity index (χ3n) is 14.5. The summed E-state index contributed by atoms with van der Waals surface area (Å²) in [6.45, 7) is 3.20. The van der Waals surface area contributed by atoms with Crippen LogP contribution in [0.3, 0.4) is 0 Å². The highest BCUT2D eigenvalue weighted by Gasteiger charge is 2.46. The largest absolute Gasteiger partial charge is 0.458 e. The average Bonchev–Trinajstić information content (AvgIpc) is 3.95. The molecule has 77 heavy (non-hydrogen) atoms. The van der Waals surface area contributed by atoms with Crippen LogP contribution in [-0.2, 0) is 84.2 Å². The molecule has 4 atom stereocenters. The zero-order valence-electron chi connectivity index (χ0n) is 43.1. The van der Waals surface area contributed by atoms with E-state index < -0.39 is 90.8 Å². The topological polar surface area (TPSA) is 303 Å². The number of aryl methyl sites for hydroxylation is 1. The first kappa shape index (κ1) is 55.3. The quantitative estimate of drug-likeness (QED) is 0.0271. The molecule has 8 amide bonds. The molecule has 22 nitrogen and oxygen atoms in total. The third kappa shape index (κ3) is 12.2. The van der Waals surface area contributed by atoms with Gasteiger partial charge < -0.3 is 51.0 Å². The molecule has 23 heteroatoms. The summed E-state index contributed by atoms with van der Waals surface area (Å²) < 4.78 is 27.7. The highest BCUT2D eigenvalue weighted by atomic mass is 19.1. The standard InChI is InChI=1S/C54H62FN9O13/c1-4-54(75)35-21-40-49-33(26-64(40)52(73)34(35)27-77-53(54)74)48-37(15-14-32-30(3)36(55)22-38(62-49)47(32)48)60-45(69)28-76-18-16-56-42(66)24-59-50(71)39(20-31-11-7-5-8-12-31)61-44(68)25-58-43(67)23-57-41(65)13-9-6-10-17-63-46(70)19-29(2)51(63)72/h5,7-8,11-12,21-22,29,37,39,75H,4,6,9-10,13-20,23-28H2,1-3H3,(H,56,66)(H,57,65)(H,58,67)(H,59,71)(H,60,69)(H,61,68)/t29?,37-,39-,54-/m0/s1. The molecule has 1 aliphatic carbocycles. The number of hydrogen-bond acceptors (Lipinski definition) is 14. The summed E-state index contributed by atoms with van der Waals surface area (Å²) in [5, 5.41) is 27.7. The van der Waals surface area contributed by atoms with Gasteiger partial charge in [-0.25, -0.2) is 14.2 Å². The van der Waals surface area contributed by atoms with Crippen molar-refractivity contribution < 1.29 is 62.1 Å². The minimum absolute atomic E-state index is 0.0299. The second-order valence-corrected chi connectivity index (χ2v) is 19.8. The zero-order valence-corrected chi connectivity index (χ0v) is 43.1. The number of aromatic nitrogens is 2. The summed E-state index contributed by atoms with van der Waals surface area (Å²) in [7, 11) is 0. The minimum Gasteiger partial charge on any atom is -0.458 e. The number of benzene rings is 2. The summed E-state index contributed by atoms with van der Waals surface area (Å²) in [6, 6.07) is 9.98. The number of hydrogen-bond donors (Lipinski definition) is 7. The van der Waals surface area contributed by atoms with E-state index in [0.717, 1.165) is 5.56 Å². The van der Waals surface area contributed by atoms with Gasteiger partial charge in [-0.3, -0.25) is 48.1 Å². The van der Waals surface area contributed by atoms with Crippen molar-refractivity contribution in [3.63, 3.8) is 0 Å². The lowest BCUT2D eigenvalue weighted by molar-refractivity contribution is -0.172. The van der Waals surface area contributed by atoms with Gasteiger partial charge in [0.1, 0.15) is 25.1 Å². The number of pyridine rings is 2. The molecule has 3 aliphatic heterocycles. The van der Waals surface area contributed by atoms with Crippen molar-refractivity contribution in [2.45, 2.75) is 109 Å². The van der Waals surface area contributed by atoms with Crippen molar-refractivity contribution in [3.8, 4) is 11.4 Å². The number of likely N-dealkylation sites (tertiary alicyclic amines) is 1. The number of ether oxygens (including phenoxy) is 2. The van der Waals surface area contributed by atoms with Crippen LogP contribution in [-0.4, -0.2) is 125 Å². The van der Waals surface area contributed by atoms with Gasteiger partial charge in [0.05, 0.1) is 61.3 Å². The van der Waals surface area contributed by atoms with E-state index in [0.29, 0.717) is 83.2 Å². The number of nitrogens with zero attached hydrogens (tertiary/aromatic N) is 3. The van der Waals surface area contributed by atoms with Crippen molar-refractivity contribution in [2.75, 3.05) is 45.9 Å². The number of nitrogens with one attached hydrogen (secondary N) is 6. The van der Waals surface area contributed by atoms with Crippen LogP contribution >= 0.6 is 0 Å². The molecule has 5 heterocycles. The van der Waals surface area contributed by atoms with Gasteiger partial charge in [-0.05, 0) is 67.3 Å². The Labute approximate surface area is 441 Å². The number of imide groups is 1. The van der Waals surface area contributed by atoms with Gasteiger partial charge in [-0.1, -0.05) is 50.6 Å².